The lowest BCUT2D eigenvalue weighted by molar-refractivity contribution is 0.0968. The summed E-state index contributed by atoms with van der Waals surface area (Å²) in [6.45, 7) is 1.91. The molecule has 0 saturated heterocycles. The van der Waals surface area contributed by atoms with Crippen molar-refractivity contribution in [3.05, 3.63) is 112 Å². The first kappa shape index (κ1) is 17.2. The minimum Gasteiger partial charge on any atom is -0.289 e. The normalized spacial score (nSPS) is 12.6. The predicted octanol–water partition coefficient (Wildman–Crippen LogP) is 4.55. The fraction of sp³-hybridized carbons (Fsp3) is 0.0400. The van der Waals surface area contributed by atoms with Gasteiger partial charge in [0.25, 0.3) is 0 Å². The van der Waals surface area contributed by atoms with E-state index in [1.165, 1.54) is 0 Å². The molecule has 4 heteroatoms. The van der Waals surface area contributed by atoms with Crippen LogP contribution >= 0.6 is 0 Å². The Bertz CT molecular complexity index is 1350. The van der Waals surface area contributed by atoms with Crippen LogP contribution in [0.5, 0.6) is 0 Å². The fourth-order valence-electron chi connectivity index (χ4n) is 3.87. The van der Waals surface area contributed by atoms with Crippen LogP contribution in [0.15, 0.2) is 72.8 Å². The highest BCUT2D eigenvalue weighted by atomic mass is 16.1. The first-order valence-electron chi connectivity index (χ1n) is 9.29. The van der Waals surface area contributed by atoms with Gasteiger partial charge in [-0.25, -0.2) is 4.98 Å². The second-order valence-electron chi connectivity index (χ2n) is 7.13. The highest BCUT2D eigenvalue weighted by molar-refractivity contribution is 6.33. The third kappa shape index (κ3) is 2.53. The Morgan fingerprint density at radius 2 is 1.45 bits per heavy atom. The van der Waals surface area contributed by atoms with Gasteiger partial charge in [-0.2, -0.15) is 0 Å². The number of hydrogen-bond acceptors (Lipinski definition) is 4. The minimum atomic E-state index is -0.342. The standard InChI is InChI=1S/C25H15NO3/c1-14-11-12-19-18(13-14)20(23(27)15-7-3-2-4-8-15)21-22(26-19)25(29)17-10-6-5-9-16(17)24(21)28/h2-13H,1H3. The van der Waals surface area contributed by atoms with Gasteiger partial charge < -0.3 is 0 Å². The zero-order valence-corrected chi connectivity index (χ0v) is 15.6. The van der Waals surface area contributed by atoms with Crippen molar-refractivity contribution in [2.45, 2.75) is 6.92 Å². The molecule has 0 radical (unpaired) electrons. The van der Waals surface area contributed by atoms with Gasteiger partial charge in [0, 0.05) is 27.6 Å². The Kier molecular flexibility index (Phi) is 3.74. The van der Waals surface area contributed by atoms with E-state index in [4.69, 9.17) is 0 Å². The van der Waals surface area contributed by atoms with E-state index in [-0.39, 0.29) is 34.2 Å². The molecule has 1 heterocycles. The van der Waals surface area contributed by atoms with Crippen LogP contribution in [0.1, 0.15) is 53.5 Å². The van der Waals surface area contributed by atoms with Gasteiger partial charge in [-0.15, -0.1) is 0 Å². The number of rotatable bonds is 2. The molecular weight excluding hydrogens is 362 g/mol. The van der Waals surface area contributed by atoms with Crippen LogP contribution in [-0.4, -0.2) is 22.3 Å². The van der Waals surface area contributed by atoms with E-state index < -0.39 is 0 Å². The molecule has 0 amide bonds. The van der Waals surface area contributed by atoms with Crippen LogP contribution in [0, 0.1) is 6.92 Å². The number of fused-ring (bicyclic) bond motifs is 3. The van der Waals surface area contributed by atoms with E-state index in [2.05, 4.69) is 4.98 Å². The van der Waals surface area contributed by atoms with E-state index in [1.54, 1.807) is 54.6 Å². The molecule has 0 atom stereocenters. The summed E-state index contributed by atoms with van der Waals surface area (Å²) in [7, 11) is 0. The second kappa shape index (κ2) is 6.31. The summed E-state index contributed by atoms with van der Waals surface area (Å²) in [6.07, 6.45) is 0. The van der Waals surface area contributed by atoms with Crippen LogP contribution < -0.4 is 0 Å². The van der Waals surface area contributed by atoms with Crippen molar-refractivity contribution < 1.29 is 14.4 Å². The second-order valence-corrected chi connectivity index (χ2v) is 7.13. The van der Waals surface area contributed by atoms with Gasteiger partial charge >= 0.3 is 0 Å². The molecule has 0 fully saturated rings. The van der Waals surface area contributed by atoms with E-state index in [0.717, 1.165) is 5.56 Å². The van der Waals surface area contributed by atoms with Gasteiger partial charge in [-0.05, 0) is 19.1 Å². The Balaban J connectivity index is 1.90. The number of benzene rings is 3. The van der Waals surface area contributed by atoms with Gasteiger partial charge in [-0.3, -0.25) is 14.4 Å². The Morgan fingerprint density at radius 3 is 2.17 bits per heavy atom. The number of nitrogens with zero attached hydrogens (tertiary/aromatic N) is 1. The Morgan fingerprint density at radius 1 is 0.793 bits per heavy atom. The smallest absolute Gasteiger partial charge is 0.212 e. The van der Waals surface area contributed by atoms with E-state index in [9.17, 15) is 14.4 Å². The average molecular weight is 377 g/mol. The third-order valence-corrected chi connectivity index (χ3v) is 5.26. The molecule has 138 valence electrons. The molecule has 1 aliphatic rings. The SMILES string of the molecule is Cc1ccc2nc3c(c(C(=O)c4ccccc4)c2c1)C(=O)c1ccccc1C3=O. The largest absolute Gasteiger partial charge is 0.289 e. The number of hydrogen-bond donors (Lipinski definition) is 0. The maximum atomic E-state index is 13.5. The number of pyridine rings is 1. The monoisotopic (exact) mass is 377 g/mol. The van der Waals surface area contributed by atoms with Crippen LogP contribution in [0.4, 0.5) is 0 Å². The summed E-state index contributed by atoms with van der Waals surface area (Å²) in [4.78, 5) is 44.6. The molecule has 5 rings (SSSR count). The molecule has 4 aromatic rings. The minimum absolute atomic E-state index is 0.0457. The number of ketones is 3. The Labute approximate surface area is 166 Å². The van der Waals surface area contributed by atoms with Crippen LogP contribution in [0.25, 0.3) is 10.9 Å². The zero-order valence-electron chi connectivity index (χ0n) is 15.6. The van der Waals surface area contributed by atoms with Crippen molar-refractivity contribution >= 4 is 28.3 Å². The van der Waals surface area contributed by atoms with Crippen molar-refractivity contribution in [1.29, 1.82) is 0 Å². The molecule has 1 aromatic heterocycles. The molecule has 4 nitrogen and oxygen atoms in total. The third-order valence-electron chi connectivity index (χ3n) is 5.26. The van der Waals surface area contributed by atoms with Crippen molar-refractivity contribution in [2.24, 2.45) is 0 Å². The summed E-state index contributed by atoms with van der Waals surface area (Å²) >= 11 is 0. The van der Waals surface area contributed by atoms with Crippen molar-refractivity contribution in [3.8, 4) is 0 Å². The van der Waals surface area contributed by atoms with E-state index in [0.29, 0.717) is 27.6 Å². The molecule has 3 aromatic carbocycles. The molecule has 29 heavy (non-hydrogen) atoms. The zero-order chi connectivity index (χ0) is 20.1. The van der Waals surface area contributed by atoms with E-state index >= 15 is 0 Å². The quantitative estimate of drug-likeness (QED) is 0.423. The number of carbonyl (C=O) groups is 3. The van der Waals surface area contributed by atoms with Gasteiger partial charge in [-0.1, -0.05) is 66.2 Å². The molecule has 0 N–H and O–H groups in total. The lowest BCUT2D eigenvalue weighted by Crippen LogP contribution is -2.26. The first-order valence-corrected chi connectivity index (χ1v) is 9.29. The number of carbonyl (C=O) groups excluding carboxylic acids is 3. The van der Waals surface area contributed by atoms with Crippen molar-refractivity contribution in [3.63, 3.8) is 0 Å². The van der Waals surface area contributed by atoms with Gasteiger partial charge in [0.2, 0.25) is 5.78 Å². The van der Waals surface area contributed by atoms with Gasteiger partial charge in [0.05, 0.1) is 11.1 Å². The average Bonchev–Trinajstić information content (AvgIpc) is 2.76. The topological polar surface area (TPSA) is 64.1 Å². The lowest BCUT2D eigenvalue weighted by atomic mass is 9.81. The molecule has 0 unspecified atom stereocenters. The maximum absolute atomic E-state index is 13.5. The lowest BCUT2D eigenvalue weighted by Gasteiger charge is -2.21. The van der Waals surface area contributed by atoms with Gasteiger partial charge in [0.1, 0.15) is 5.69 Å². The summed E-state index contributed by atoms with van der Waals surface area (Å²) in [5, 5.41) is 0.582. The molecule has 1 aliphatic carbocycles. The Hall–Kier alpha value is -3.92. The molecule has 0 bridgehead atoms. The van der Waals surface area contributed by atoms with Gasteiger partial charge in [0.15, 0.2) is 11.6 Å². The van der Waals surface area contributed by atoms with E-state index in [1.807, 2.05) is 25.1 Å². The highest BCUT2D eigenvalue weighted by Crippen LogP contribution is 2.34. The molecule has 0 spiro atoms. The number of aryl methyl sites for hydroxylation is 1. The summed E-state index contributed by atoms with van der Waals surface area (Å²) in [5.41, 5.74) is 2.94. The fourth-order valence-corrected chi connectivity index (χ4v) is 3.87. The summed E-state index contributed by atoms with van der Waals surface area (Å²) in [5.74, 6) is -0.967. The summed E-state index contributed by atoms with van der Waals surface area (Å²) < 4.78 is 0. The molecular formula is C25H15NO3. The van der Waals surface area contributed by atoms with Crippen LogP contribution in [0.3, 0.4) is 0 Å². The summed E-state index contributed by atoms with van der Waals surface area (Å²) in [6, 6.07) is 21.0. The van der Waals surface area contributed by atoms with Crippen LogP contribution in [-0.2, 0) is 0 Å². The molecule has 0 saturated carbocycles. The predicted molar refractivity (Wildman–Crippen MR) is 110 cm³/mol. The van der Waals surface area contributed by atoms with Crippen molar-refractivity contribution in [1.82, 2.24) is 4.98 Å². The van der Waals surface area contributed by atoms with Crippen molar-refractivity contribution in [2.75, 3.05) is 0 Å². The molecule has 0 aliphatic heterocycles. The van der Waals surface area contributed by atoms with Crippen LogP contribution in [0.2, 0.25) is 0 Å². The first-order chi connectivity index (χ1) is 14.1. The highest BCUT2D eigenvalue weighted by Gasteiger charge is 2.36. The maximum Gasteiger partial charge on any atom is 0.212 e. The number of aromatic nitrogens is 1.